The first-order valence-electron chi connectivity index (χ1n) is 12.0. The number of rotatable bonds is 13. The summed E-state index contributed by atoms with van der Waals surface area (Å²) in [7, 11) is 0. The number of amides is 2. The van der Waals surface area contributed by atoms with Crippen LogP contribution in [0.3, 0.4) is 0 Å². The van der Waals surface area contributed by atoms with Crippen molar-refractivity contribution in [3.8, 4) is 17.2 Å². The zero-order valence-corrected chi connectivity index (χ0v) is 21.6. The molecule has 3 aromatic rings. The predicted molar refractivity (Wildman–Crippen MR) is 145 cm³/mol. The first-order valence-corrected chi connectivity index (χ1v) is 12.3. The number of carbonyl (C=O) groups excluding carboxylic acids is 2. The molecule has 3 aromatic carbocycles. The molecule has 0 bridgehead atoms. The van der Waals surface area contributed by atoms with Gasteiger partial charge in [0.1, 0.15) is 12.4 Å². The molecule has 37 heavy (non-hydrogen) atoms. The molecule has 8 nitrogen and oxygen atoms in total. The van der Waals surface area contributed by atoms with Gasteiger partial charge in [0.15, 0.2) is 11.5 Å². The average molecular weight is 524 g/mol. The second kappa shape index (κ2) is 14.5. The van der Waals surface area contributed by atoms with Crippen molar-refractivity contribution in [2.75, 3.05) is 18.5 Å². The summed E-state index contributed by atoms with van der Waals surface area (Å²) >= 11 is 5.93. The van der Waals surface area contributed by atoms with E-state index in [-0.39, 0.29) is 24.7 Å². The van der Waals surface area contributed by atoms with Crippen LogP contribution in [0.4, 0.5) is 5.69 Å². The molecular weight excluding hydrogens is 494 g/mol. The van der Waals surface area contributed by atoms with Crippen LogP contribution in [0.5, 0.6) is 17.2 Å². The Hall–Kier alpha value is -4.04. The van der Waals surface area contributed by atoms with Crippen LogP contribution < -0.4 is 25.0 Å². The lowest BCUT2D eigenvalue weighted by molar-refractivity contribution is -0.124. The predicted octanol–water partition coefficient (Wildman–Crippen LogP) is 5.59. The molecule has 0 radical (unpaired) electrons. The first kappa shape index (κ1) is 27.5. The third kappa shape index (κ3) is 9.50. The van der Waals surface area contributed by atoms with E-state index < -0.39 is 0 Å². The molecule has 2 N–H and O–H groups in total. The summed E-state index contributed by atoms with van der Waals surface area (Å²) in [6, 6.07) is 19.8. The van der Waals surface area contributed by atoms with Crippen molar-refractivity contribution in [3.05, 3.63) is 82.9 Å². The smallest absolute Gasteiger partial charge is 0.240 e. The Morgan fingerprint density at radius 1 is 0.838 bits per heavy atom. The van der Waals surface area contributed by atoms with Gasteiger partial charge >= 0.3 is 0 Å². The molecule has 194 valence electrons. The van der Waals surface area contributed by atoms with E-state index in [4.69, 9.17) is 25.8 Å². The number of hydrogen-bond acceptors (Lipinski definition) is 6. The highest BCUT2D eigenvalue weighted by Gasteiger charge is 2.09. The summed E-state index contributed by atoms with van der Waals surface area (Å²) < 4.78 is 17.0. The number of hydrazone groups is 1. The van der Waals surface area contributed by atoms with Gasteiger partial charge in [-0.2, -0.15) is 5.10 Å². The van der Waals surface area contributed by atoms with Crippen LogP contribution in [-0.4, -0.2) is 31.2 Å². The Balaban J connectivity index is 1.46. The van der Waals surface area contributed by atoms with Crippen LogP contribution in [-0.2, 0) is 16.2 Å². The molecule has 0 atom stereocenters. The molecule has 0 aliphatic rings. The summed E-state index contributed by atoms with van der Waals surface area (Å²) in [4.78, 5) is 24.2. The Labute approximate surface area is 221 Å². The monoisotopic (exact) mass is 523 g/mol. The van der Waals surface area contributed by atoms with Crippen molar-refractivity contribution in [2.24, 2.45) is 5.10 Å². The zero-order valence-electron chi connectivity index (χ0n) is 20.8. The minimum Gasteiger partial charge on any atom is -0.494 e. The number of hydrogen-bond donors (Lipinski definition) is 2. The number of benzene rings is 3. The first-order chi connectivity index (χ1) is 18.0. The van der Waals surface area contributed by atoms with Gasteiger partial charge in [0.25, 0.3) is 0 Å². The number of anilines is 1. The van der Waals surface area contributed by atoms with Gasteiger partial charge < -0.3 is 19.5 Å². The quantitative estimate of drug-likeness (QED) is 0.225. The lowest BCUT2D eigenvalue weighted by Gasteiger charge is -2.12. The van der Waals surface area contributed by atoms with Gasteiger partial charge in [0.05, 0.1) is 19.4 Å². The molecule has 0 spiro atoms. The van der Waals surface area contributed by atoms with E-state index in [2.05, 4.69) is 15.8 Å². The molecule has 0 aromatic heterocycles. The second-order valence-corrected chi connectivity index (χ2v) is 8.29. The fraction of sp³-hybridized carbons (Fsp3) is 0.250. The third-order valence-electron chi connectivity index (χ3n) is 5.01. The van der Waals surface area contributed by atoms with E-state index >= 15 is 0 Å². The van der Waals surface area contributed by atoms with Crippen LogP contribution in [0.1, 0.15) is 37.8 Å². The molecule has 0 aliphatic carbocycles. The van der Waals surface area contributed by atoms with Crippen molar-refractivity contribution in [1.82, 2.24) is 5.43 Å². The minimum atomic E-state index is -0.369. The maximum Gasteiger partial charge on any atom is 0.240 e. The minimum absolute atomic E-state index is 0.00186. The molecular formula is C28H30ClN3O5. The largest absolute Gasteiger partial charge is 0.494 e. The Bertz CT molecular complexity index is 1200. The highest BCUT2D eigenvalue weighted by atomic mass is 35.5. The van der Waals surface area contributed by atoms with Gasteiger partial charge in [-0.05, 0) is 79.6 Å². The average Bonchev–Trinajstić information content (AvgIpc) is 2.89. The fourth-order valence-corrected chi connectivity index (χ4v) is 3.35. The van der Waals surface area contributed by atoms with Crippen molar-refractivity contribution in [2.45, 2.75) is 33.3 Å². The van der Waals surface area contributed by atoms with Gasteiger partial charge in [-0.1, -0.05) is 23.7 Å². The Morgan fingerprint density at radius 3 is 2.24 bits per heavy atom. The molecule has 0 unspecified atom stereocenters. The SMILES string of the molecule is CCOc1ccc(NC(=O)CCC(=O)NN=Cc2ccc(OCc3ccc(Cl)cc3)c(OCC)c2)cc1. The van der Waals surface area contributed by atoms with Crippen LogP contribution >= 0.6 is 11.6 Å². The standard InChI is InChI=1S/C28H30ClN3O5/c1-3-35-24-12-10-23(11-13-24)31-27(33)15-16-28(34)32-30-18-21-7-14-25(26(17-21)36-4-2)37-19-20-5-8-22(29)9-6-20/h5-14,17-18H,3-4,15-16,19H2,1-2H3,(H,31,33)(H,32,34). The van der Waals surface area contributed by atoms with Gasteiger partial charge in [-0.15, -0.1) is 0 Å². The number of ether oxygens (including phenoxy) is 3. The van der Waals surface area contributed by atoms with Crippen molar-refractivity contribution in [3.63, 3.8) is 0 Å². The zero-order chi connectivity index (χ0) is 26.5. The van der Waals surface area contributed by atoms with E-state index in [1.165, 1.54) is 6.21 Å². The fourth-order valence-electron chi connectivity index (χ4n) is 3.22. The van der Waals surface area contributed by atoms with E-state index in [1.54, 1.807) is 42.5 Å². The molecule has 0 saturated heterocycles. The van der Waals surface area contributed by atoms with E-state index in [1.807, 2.05) is 38.1 Å². The number of halogens is 1. The third-order valence-corrected chi connectivity index (χ3v) is 5.26. The van der Waals surface area contributed by atoms with Crippen molar-refractivity contribution in [1.29, 1.82) is 0 Å². The molecule has 0 aliphatic heterocycles. The summed E-state index contributed by atoms with van der Waals surface area (Å²) in [5, 5.41) is 7.40. The van der Waals surface area contributed by atoms with Gasteiger partial charge in [0.2, 0.25) is 11.8 Å². The van der Waals surface area contributed by atoms with Gasteiger partial charge in [-0.25, -0.2) is 5.43 Å². The maximum atomic E-state index is 12.1. The van der Waals surface area contributed by atoms with Gasteiger partial charge in [-0.3, -0.25) is 9.59 Å². The summed E-state index contributed by atoms with van der Waals surface area (Å²) in [6.45, 7) is 5.19. The summed E-state index contributed by atoms with van der Waals surface area (Å²) in [5.41, 5.74) is 4.78. The molecule has 0 heterocycles. The second-order valence-electron chi connectivity index (χ2n) is 7.85. The Kier molecular flexibility index (Phi) is 10.8. The maximum absolute atomic E-state index is 12.1. The Morgan fingerprint density at radius 2 is 1.54 bits per heavy atom. The number of carbonyl (C=O) groups is 2. The number of nitrogens with zero attached hydrogens (tertiary/aromatic N) is 1. The molecule has 2 amide bonds. The highest BCUT2D eigenvalue weighted by Crippen LogP contribution is 2.29. The van der Waals surface area contributed by atoms with E-state index in [0.29, 0.717) is 42.0 Å². The number of nitrogens with one attached hydrogen (secondary N) is 2. The molecule has 0 saturated carbocycles. The molecule has 0 fully saturated rings. The highest BCUT2D eigenvalue weighted by molar-refractivity contribution is 6.30. The van der Waals surface area contributed by atoms with Gasteiger partial charge in [0, 0.05) is 23.6 Å². The lowest BCUT2D eigenvalue weighted by Crippen LogP contribution is -2.20. The topological polar surface area (TPSA) is 98.2 Å². The molecule has 9 heteroatoms. The van der Waals surface area contributed by atoms with Crippen LogP contribution in [0.25, 0.3) is 0 Å². The van der Waals surface area contributed by atoms with Crippen LogP contribution in [0, 0.1) is 0 Å². The van der Waals surface area contributed by atoms with E-state index in [0.717, 1.165) is 16.9 Å². The summed E-state index contributed by atoms with van der Waals surface area (Å²) in [5.74, 6) is 1.25. The lowest BCUT2D eigenvalue weighted by atomic mass is 10.2. The van der Waals surface area contributed by atoms with E-state index in [9.17, 15) is 9.59 Å². The van der Waals surface area contributed by atoms with Crippen LogP contribution in [0.2, 0.25) is 5.02 Å². The van der Waals surface area contributed by atoms with Crippen molar-refractivity contribution >= 4 is 35.3 Å². The van der Waals surface area contributed by atoms with Crippen LogP contribution in [0.15, 0.2) is 71.8 Å². The molecule has 3 rings (SSSR count). The normalized spacial score (nSPS) is 10.7. The van der Waals surface area contributed by atoms with Crippen molar-refractivity contribution < 1.29 is 23.8 Å². The summed E-state index contributed by atoms with van der Waals surface area (Å²) in [6.07, 6.45) is 1.54.